The molecule has 0 N–H and O–H groups in total. The van der Waals surface area contributed by atoms with E-state index < -0.39 is 53.5 Å². The first-order valence-corrected chi connectivity index (χ1v) is 14.2. The van der Waals surface area contributed by atoms with Gasteiger partial charge in [0.25, 0.3) is 0 Å². The number of ketones is 4. The maximum absolute atomic E-state index is 13.9. The average Bonchev–Trinajstić information content (AvgIpc) is 3.02. The Balaban J connectivity index is 1.51. The van der Waals surface area contributed by atoms with Gasteiger partial charge in [0.2, 0.25) is 11.6 Å². The molecule has 0 radical (unpaired) electrons. The molecule has 2 bridgehead atoms. The maximum Gasteiger partial charge on any atom is 0.339 e. The Morgan fingerprint density at radius 1 is 0.955 bits per heavy atom. The summed E-state index contributed by atoms with van der Waals surface area (Å²) in [5.74, 6) is -2.50. The molecule has 4 heterocycles. The largest absolute Gasteiger partial charge is 0.492 e. The van der Waals surface area contributed by atoms with Crippen molar-refractivity contribution in [2.45, 2.75) is 56.9 Å². The predicted molar refractivity (Wildman–Crippen MR) is 151 cm³/mol. The van der Waals surface area contributed by atoms with Gasteiger partial charge in [-0.15, -0.1) is 0 Å². The van der Waals surface area contributed by atoms with E-state index in [0.29, 0.717) is 5.57 Å². The van der Waals surface area contributed by atoms with Crippen LogP contribution >= 0.6 is 0 Å². The second-order valence-electron chi connectivity index (χ2n) is 11.4. The highest BCUT2D eigenvalue weighted by molar-refractivity contribution is 6.26. The second-order valence-corrected chi connectivity index (χ2v) is 11.4. The fourth-order valence-corrected chi connectivity index (χ4v) is 7.50. The monoisotopic (exact) mass is 598 g/mol. The Morgan fingerprint density at radius 2 is 1.55 bits per heavy atom. The normalized spacial score (nSPS) is 28.9. The van der Waals surface area contributed by atoms with Crippen molar-refractivity contribution in [2.24, 2.45) is 0 Å². The molecule has 12 nitrogen and oxygen atoms in total. The number of hydrogen-bond acceptors (Lipinski definition) is 12. The number of allylic oxidation sites excluding steroid dienone is 4. The van der Waals surface area contributed by atoms with Crippen LogP contribution in [0.25, 0.3) is 0 Å². The van der Waals surface area contributed by atoms with Crippen LogP contribution in [0.3, 0.4) is 0 Å². The Labute approximate surface area is 253 Å². The molecular formula is C32H30N4O8. The molecule has 12 heteroatoms. The first kappa shape index (κ1) is 29.3. The molecule has 0 aromatic carbocycles. The van der Waals surface area contributed by atoms with E-state index in [9.17, 15) is 29.2 Å². The summed E-state index contributed by atoms with van der Waals surface area (Å²) >= 11 is 0. The number of Topliss-reactive ketones (excluding diaryl/α,β-unsaturated/α-hetero) is 4. The van der Waals surface area contributed by atoms with E-state index in [1.54, 1.807) is 24.9 Å². The molecule has 1 aromatic rings. The first-order chi connectivity index (χ1) is 21.1. The van der Waals surface area contributed by atoms with Gasteiger partial charge in [-0.2, -0.15) is 5.26 Å². The number of carbonyl (C=O) groups excluding carboxylic acids is 5. The van der Waals surface area contributed by atoms with Gasteiger partial charge in [-0.25, -0.2) is 4.79 Å². The van der Waals surface area contributed by atoms with Gasteiger partial charge in [-0.05, 0) is 45.9 Å². The van der Waals surface area contributed by atoms with Gasteiger partial charge >= 0.3 is 5.97 Å². The van der Waals surface area contributed by atoms with Crippen molar-refractivity contribution >= 4 is 29.1 Å². The first-order valence-electron chi connectivity index (χ1n) is 14.2. The lowest BCUT2D eigenvalue weighted by molar-refractivity contribution is -0.126. The van der Waals surface area contributed by atoms with Crippen molar-refractivity contribution in [1.29, 1.82) is 5.26 Å². The molecule has 6 rings (SSSR count). The van der Waals surface area contributed by atoms with Gasteiger partial charge in [-0.1, -0.05) is 0 Å². The fraction of sp³-hybridized carbons (Fsp3) is 0.406. The van der Waals surface area contributed by atoms with Crippen LogP contribution < -0.4 is 0 Å². The lowest BCUT2D eigenvalue weighted by Crippen LogP contribution is -2.74. The van der Waals surface area contributed by atoms with Gasteiger partial charge < -0.3 is 14.2 Å². The molecule has 0 spiro atoms. The molecule has 1 fully saturated rings. The summed E-state index contributed by atoms with van der Waals surface area (Å²) < 4.78 is 16.4. The highest BCUT2D eigenvalue weighted by atomic mass is 16.5. The van der Waals surface area contributed by atoms with Gasteiger partial charge in [0, 0.05) is 57.9 Å². The smallest absolute Gasteiger partial charge is 0.339 e. The molecule has 5 aliphatic rings. The summed E-state index contributed by atoms with van der Waals surface area (Å²) in [5.41, 5.74) is 1.45. The summed E-state index contributed by atoms with van der Waals surface area (Å²) in [5, 5.41) is 10.6. The van der Waals surface area contributed by atoms with Crippen molar-refractivity contribution in [3.05, 3.63) is 75.0 Å². The minimum Gasteiger partial charge on any atom is -0.492 e. The molecule has 226 valence electrons. The summed E-state index contributed by atoms with van der Waals surface area (Å²) in [6.45, 7) is 2.70. The van der Waals surface area contributed by atoms with E-state index in [0.717, 1.165) is 0 Å². The van der Waals surface area contributed by atoms with Crippen LogP contribution in [-0.4, -0.2) is 102 Å². The van der Waals surface area contributed by atoms with E-state index in [2.05, 4.69) is 11.1 Å². The standard InChI is InChI=1S/C32H30N4O8/c1-14-26(37)17-10-20-25-24-18(27(38)15(2)31(43-5)29(24)40)9-19(35(25)3)21(11-33)36(20)22(23(17)28(39)30(14)42-4)13-44-32(41)16-7-6-8-34-12-16/h6-8,12,19-22,25H,9-10,13H2,1-5H3/t19-,20-,21-,22-,25+/m0/s1. The zero-order valence-electron chi connectivity index (χ0n) is 24.9. The maximum atomic E-state index is 13.9. The van der Waals surface area contributed by atoms with E-state index >= 15 is 0 Å². The fourth-order valence-electron chi connectivity index (χ4n) is 7.50. The molecule has 2 aliphatic carbocycles. The van der Waals surface area contributed by atoms with Crippen molar-refractivity contribution in [3.63, 3.8) is 0 Å². The number of fused-ring (bicyclic) bond motifs is 5. The summed E-state index contributed by atoms with van der Waals surface area (Å²) in [6.07, 6.45) is 3.00. The van der Waals surface area contributed by atoms with Crippen molar-refractivity contribution in [2.75, 3.05) is 27.9 Å². The molecule has 3 aliphatic heterocycles. The molecule has 1 saturated heterocycles. The van der Waals surface area contributed by atoms with Crippen LogP contribution in [0.2, 0.25) is 0 Å². The van der Waals surface area contributed by atoms with Crippen LogP contribution in [0.1, 0.15) is 37.0 Å². The number of piperazine rings is 1. The third kappa shape index (κ3) is 4.03. The van der Waals surface area contributed by atoms with E-state index in [4.69, 9.17) is 14.2 Å². The molecule has 0 saturated carbocycles. The van der Waals surface area contributed by atoms with Crippen LogP contribution in [-0.2, 0) is 33.4 Å². The number of rotatable bonds is 5. The second kappa shape index (κ2) is 10.8. The van der Waals surface area contributed by atoms with Crippen molar-refractivity contribution in [1.82, 2.24) is 14.8 Å². The van der Waals surface area contributed by atoms with Crippen LogP contribution in [0.5, 0.6) is 0 Å². The zero-order valence-corrected chi connectivity index (χ0v) is 24.9. The third-order valence-corrected chi connectivity index (χ3v) is 9.48. The Hall–Kier alpha value is -4.73. The third-order valence-electron chi connectivity index (χ3n) is 9.48. The van der Waals surface area contributed by atoms with Crippen LogP contribution in [0.4, 0.5) is 0 Å². The quantitative estimate of drug-likeness (QED) is 0.355. The van der Waals surface area contributed by atoms with Crippen molar-refractivity contribution in [3.8, 4) is 6.07 Å². The highest BCUT2D eigenvalue weighted by Gasteiger charge is 2.60. The molecule has 0 unspecified atom stereocenters. The van der Waals surface area contributed by atoms with Gasteiger partial charge in [-0.3, -0.25) is 34.0 Å². The molecular weight excluding hydrogens is 568 g/mol. The summed E-state index contributed by atoms with van der Waals surface area (Å²) in [7, 11) is 4.43. The van der Waals surface area contributed by atoms with Gasteiger partial charge in [0.1, 0.15) is 12.6 Å². The van der Waals surface area contributed by atoms with Gasteiger partial charge in [0.15, 0.2) is 23.1 Å². The molecule has 44 heavy (non-hydrogen) atoms. The summed E-state index contributed by atoms with van der Waals surface area (Å²) in [6, 6.07) is 1.62. The number of nitrogens with zero attached hydrogens (tertiary/aromatic N) is 4. The molecule has 1 aromatic heterocycles. The average molecular weight is 599 g/mol. The van der Waals surface area contributed by atoms with Gasteiger partial charge in [0.05, 0.1) is 37.9 Å². The minimum absolute atomic E-state index is 0.0183. The predicted octanol–water partition coefficient (Wildman–Crippen LogP) is 1.40. The van der Waals surface area contributed by atoms with E-state index in [1.807, 2.05) is 4.90 Å². The number of ether oxygens (including phenoxy) is 3. The van der Waals surface area contributed by atoms with Crippen LogP contribution in [0.15, 0.2) is 69.5 Å². The SMILES string of the molecule is COC1=C(C)C(=O)C2=C(C1=O)[C@H]1[C@@H]3CC4=C(C(=O)C(OC)=C(C)C4=O)[C@H](COC(=O)c4cccnc4)N3[C@@H](C#N)[C@H](C2)N1C. The highest BCUT2D eigenvalue weighted by Crippen LogP contribution is 2.49. The zero-order chi connectivity index (χ0) is 31.6. The van der Waals surface area contributed by atoms with E-state index in [1.165, 1.54) is 39.6 Å². The number of aromatic nitrogens is 1. The van der Waals surface area contributed by atoms with Crippen LogP contribution in [0, 0.1) is 11.3 Å². The Kier molecular flexibility index (Phi) is 7.18. The number of esters is 1. The van der Waals surface area contributed by atoms with E-state index in [-0.39, 0.29) is 70.2 Å². The number of pyridine rings is 1. The topological polar surface area (TPSA) is 156 Å². The number of likely N-dealkylation sites (N-methyl/N-ethyl adjacent to an activating group) is 1. The number of methoxy groups -OCH3 is 2. The number of nitriles is 1. The number of carbonyl (C=O) groups is 5. The number of hydrogen-bond donors (Lipinski definition) is 0. The lowest BCUT2D eigenvalue weighted by atomic mass is 9.67. The Morgan fingerprint density at radius 3 is 2.11 bits per heavy atom. The van der Waals surface area contributed by atoms with Crippen molar-refractivity contribution < 1.29 is 38.2 Å². The summed E-state index contributed by atoms with van der Waals surface area (Å²) in [4.78, 5) is 75.8. The minimum atomic E-state index is -1.02. The molecule has 0 amide bonds. The Bertz CT molecular complexity index is 1710. The molecule has 5 atom stereocenters. The lowest BCUT2D eigenvalue weighted by Gasteiger charge is -2.60.